The van der Waals surface area contributed by atoms with Crippen LogP contribution < -0.4 is 9.64 Å². The second-order valence-corrected chi connectivity index (χ2v) is 4.57. The highest BCUT2D eigenvalue weighted by Gasteiger charge is 2.26. The summed E-state index contributed by atoms with van der Waals surface area (Å²) in [5.74, 6) is 1.95. The lowest BCUT2D eigenvalue weighted by Gasteiger charge is -2.38. The molecule has 0 aromatic carbocycles. The van der Waals surface area contributed by atoms with Crippen molar-refractivity contribution in [1.29, 1.82) is 0 Å². The molecule has 0 bridgehead atoms. The van der Waals surface area contributed by atoms with Gasteiger partial charge >= 0.3 is 0 Å². The first-order valence-electron chi connectivity index (χ1n) is 6.13. The van der Waals surface area contributed by atoms with E-state index in [1.165, 1.54) is 6.33 Å². The van der Waals surface area contributed by atoms with Crippen molar-refractivity contribution in [2.45, 2.75) is 26.0 Å². The van der Waals surface area contributed by atoms with Gasteiger partial charge in [-0.2, -0.15) is 0 Å². The van der Waals surface area contributed by atoms with Crippen LogP contribution in [0.3, 0.4) is 0 Å². The molecule has 1 aliphatic rings. The molecule has 2 atom stereocenters. The van der Waals surface area contributed by atoms with Crippen molar-refractivity contribution in [2.24, 2.45) is 0 Å². The van der Waals surface area contributed by atoms with Crippen molar-refractivity contribution in [3.8, 4) is 5.88 Å². The van der Waals surface area contributed by atoms with Crippen LogP contribution in [0.15, 0.2) is 12.4 Å². The molecule has 2 rings (SSSR count). The van der Waals surface area contributed by atoms with Gasteiger partial charge in [0.05, 0.1) is 31.2 Å². The highest BCUT2D eigenvalue weighted by atomic mass is 35.5. The van der Waals surface area contributed by atoms with Crippen LogP contribution >= 0.6 is 11.6 Å². The van der Waals surface area contributed by atoms with Crippen molar-refractivity contribution < 1.29 is 9.47 Å². The largest absolute Gasteiger partial charge is 0.478 e. The summed E-state index contributed by atoms with van der Waals surface area (Å²) in [6, 6.07) is 2.13. The molecule has 0 saturated carbocycles. The molecule has 100 valence electrons. The fourth-order valence-corrected chi connectivity index (χ4v) is 2.13. The summed E-state index contributed by atoms with van der Waals surface area (Å²) in [4.78, 5) is 10.6. The first kappa shape index (κ1) is 13.4. The molecule has 0 N–H and O–H groups in total. The maximum absolute atomic E-state index is 5.85. The van der Waals surface area contributed by atoms with Gasteiger partial charge in [-0.05, 0) is 13.8 Å². The third-order valence-electron chi connectivity index (χ3n) is 2.89. The van der Waals surface area contributed by atoms with E-state index in [-0.39, 0.29) is 12.1 Å². The zero-order chi connectivity index (χ0) is 13.0. The predicted molar refractivity (Wildman–Crippen MR) is 70.5 cm³/mol. The minimum absolute atomic E-state index is 0.0494. The normalized spacial score (nSPS) is 24.1. The Bertz CT molecular complexity index is 391. The summed E-state index contributed by atoms with van der Waals surface area (Å²) in [5.41, 5.74) is 0. The van der Waals surface area contributed by atoms with Crippen molar-refractivity contribution >= 4 is 17.4 Å². The van der Waals surface area contributed by atoms with Crippen molar-refractivity contribution in [3.63, 3.8) is 0 Å². The van der Waals surface area contributed by atoms with Crippen LogP contribution in [0.5, 0.6) is 5.88 Å². The number of hydrogen-bond acceptors (Lipinski definition) is 5. The standard InChI is InChI=1S/C12H18ClN3O2/c1-3-17-12-4-11(14-8-15-12)16-6-10(5-13)18-7-9(16)2/h4,8-10H,3,5-7H2,1-2H3. The van der Waals surface area contributed by atoms with E-state index in [4.69, 9.17) is 21.1 Å². The number of aromatic nitrogens is 2. The quantitative estimate of drug-likeness (QED) is 0.780. The number of anilines is 1. The monoisotopic (exact) mass is 271 g/mol. The van der Waals surface area contributed by atoms with Crippen LogP contribution in [0.25, 0.3) is 0 Å². The van der Waals surface area contributed by atoms with E-state index in [0.717, 1.165) is 12.4 Å². The Balaban J connectivity index is 2.15. The van der Waals surface area contributed by atoms with Crippen LogP contribution in [0, 0.1) is 0 Å². The van der Waals surface area contributed by atoms with E-state index in [9.17, 15) is 0 Å². The number of morpholine rings is 1. The molecule has 5 nitrogen and oxygen atoms in total. The average Bonchev–Trinajstić information content (AvgIpc) is 2.40. The fraction of sp³-hybridized carbons (Fsp3) is 0.667. The van der Waals surface area contributed by atoms with Gasteiger partial charge in [0.1, 0.15) is 12.1 Å². The lowest BCUT2D eigenvalue weighted by atomic mass is 10.2. The summed E-state index contributed by atoms with van der Waals surface area (Å²) >= 11 is 5.85. The Morgan fingerprint density at radius 2 is 2.39 bits per heavy atom. The van der Waals surface area contributed by atoms with Gasteiger partial charge < -0.3 is 14.4 Å². The highest BCUT2D eigenvalue weighted by molar-refractivity contribution is 6.18. The molecular weight excluding hydrogens is 254 g/mol. The molecule has 1 aromatic heterocycles. The van der Waals surface area contributed by atoms with Crippen LogP contribution in [0.1, 0.15) is 13.8 Å². The molecule has 0 radical (unpaired) electrons. The van der Waals surface area contributed by atoms with Gasteiger partial charge in [0, 0.05) is 12.6 Å². The molecule has 1 aliphatic heterocycles. The molecule has 18 heavy (non-hydrogen) atoms. The van der Waals surface area contributed by atoms with E-state index in [1.807, 2.05) is 13.0 Å². The highest BCUT2D eigenvalue weighted by Crippen LogP contribution is 2.22. The van der Waals surface area contributed by atoms with Crippen LogP contribution in [-0.2, 0) is 4.74 Å². The van der Waals surface area contributed by atoms with E-state index in [1.54, 1.807) is 0 Å². The van der Waals surface area contributed by atoms with E-state index < -0.39 is 0 Å². The Kier molecular flexibility index (Phi) is 4.60. The molecule has 1 aromatic rings. The second-order valence-electron chi connectivity index (χ2n) is 4.26. The molecule has 2 unspecified atom stereocenters. The number of halogens is 1. The second kappa shape index (κ2) is 6.20. The third kappa shape index (κ3) is 3.03. The van der Waals surface area contributed by atoms with Gasteiger partial charge in [-0.1, -0.05) is 0 Å². The van der Waals surface area contributed by atoms with Gasteiger partial charge in [-0.25, -0.2) is 9.97 Å². The zero-order valence-corrected chi connectivity index (χ0v) is 11.4. The number of rotatable bonds is 4. The van der Waals surface area contributed by atoms with Gasteiger partial charge in [0.15, 0.2) is 0 Å². The van der Waals surface area contributed by atoms with Crippen LogP contribution in [0.2, 0.25) is 0 Å². The maximum Gasteiger partial charge on any atom is 0.218 e. The Morgan fingerprint density at radius 3 is 3.11 bits per heavy atom. The summed E-state index contributed by atoms with van der Waals surface area (Å²) < 4.78 is 11.0. The van der Waals surface area contributed by atoms with Gasteiger partial charge in [0.25, 0.3) is 0 Å². The minimum atomic E-state index is 0.0494. The number of alkyl halides is 1. The first-order valence-corrected chi connectivity index (χ1v) is 6.67. The first-order chi connectivity index (χ1) is 8.74. The molecule has 1 saturated heterocycles. The molecule has 1 fully saturated rings. The molecule has 6 heteroatoms. The molecule has 0 aliphatic carbocycles. The summed E-state index contributed by atoms with van der Waals surface area (Å²) in [6.45, 7) is 6.04. The van der Waals surface area contributed by atoms with E-state index in [0.29, 0.717) is 25.0 Å². The minimum Gasteiger partial charge on any atom is -0.478 e. The molecular formula is C12H18ClN3O2. The number of hydrogen-bond donors (Lipinski definition) is 0. The van der Waals surface area contributed by atoms with Crippen LogP contribution in [0.4, 0.5) is 5.82 Å². The summed E-state index contributed by atoms with van der Waals surface area (Å²) in [5, 5.41) is 0. The Hall–Kier alpha value is -1.07. The lowest BCUT2D eigenvalue weighted by Crippen LogP contribution is -2.49. The summed E-state index contributed by atoms with van der Waals surface area (Å²) in [6.07, 6.45) is 1.58. The van der Waals surface area contributed by atoms with Crippen LogP contribution in [-0.4, -0.2) is 47.8 Å². The van der Waals surface area contributed by atoms with Crippen molar-refractivity contribution in [2.75, 3.05) is 30.5 Å². The van der Waals surface area contributed by atoms with E-state index in [2.05, 4.69) is 21.8 Å². The number of ether oxygens (including phenoxy) is 2. The Labute approximate surface area is 112 Å². The SMILES string of the molecule is CCOc1cc(N2CC(CCl)OCC2C)ncn1. The molecule has 2 heterocycles. The van der Waals surface area contributed by atoms with Gasteiger partial charge in [0.2, 0.25) is 5.88 Å². The topological polar surface area (TPSA) is 47.5 Å². The summed E-state index contributed by atoms with van der Waals surface area (Å²) in [7, 11) is 0. The smallest absolute Gasteiger partial charge is 0.218 e. The fourth-order valence-electron chi connectivity index (χ4n) is 1.94. The predicted octanol–water partition coefficient (Wildman–Crippen LogP) is 1.71. The third-order valence-corrected chi connectivity index (χ3v) is 3.24. The lowest BCUT2D eigenvalue weighted by molar-refractivity contribution is 0.0361. The Morgan fingerprint density at radius 1 is 1.56 bits per heavy atom. The van der Waals surface area contributed by atoms with Crippen molar-refractivity contribution in [3.05, 3.63) is 12.4 Å². The van der Waals surface area contributed by atoms with Gasteiger partial charge in [-0.3, -0.25) is 0 Å². The average molecular weight is 272 g/mol. The van der Waals surface area contributed by atoms with Crippen molar-refractivity contribution in [1.82, 2.24) is 9.97 Å². The van der Waals surface area contributed by atoms with Gasteiger partial charge in [-0.15, -0.1) is 11.6 Å². The molecule has 0 amide bonds. The zero-order valence-electron chi connectivity index (χ0n) is 10.7. The maximum atomic E-state index is 5.85. The molecule has 0 spiro atoms. The van der Waals surface area contributed by atoms with E-state index >= 15 is 0 Å². The number of nitrogens with zero attached hydrogens (tertiary/aromatic N) is 3.